The molecule has 0 radical (unpaired) electrons. The summed E-state index contributed by atoms with van der Waals surface area (Å²) in [5.41, 5.74) is 0. The highest BCUT2D eigenvalue weighted by atomic mass is 32.3. The molecular weight excluding hydrogens is 1170 g/mol. The lowest BCUT2D eigenvalue weighted by molar-refractivity contribution is -0.157. The van der Waals surface area contributed by atoms with Crippen LogP contribution in [0.4, 0.5) is 0 Å². The maximum atomic E-state index is 15.3. The second kappa shape index (κ2) is 36.0. The van der Waals surface area contributed by atoms with Gasteiger partial charge in [0.1, 0.15) is 66.5 Å². The highest BCUT2D eigenvalue weighted by molar-refractivity contribution is 7.80. The fraction of sp³-hybridized carbons (Fsp3) is 0.790. The van der Waals surface area contributed by atoms with Crippen molar-refractivity contribution in [2.45, 2.75) is 223 Å². The zero-order chi connectivity index (χ0) is 69.2. The average molecular weight is 1280 g/mol. The number of hydrogen-bond acceptors (Lipinski definition) is 14. The lowest BCUT2D eigenvalue weighted by Crippen LogP contribution is -2.64. The Morgan fingerprint density at radius 1 is 0.494 bits per heavy atom. The van der Waals surface area contributed by atoms with Gasteiger partial charge in [0.25, 0.3) is 0 Å². The Balaban J connectivity index is 4.47. The van der Waals surface area contributed by atoms with Crippen molar-refractivity contribution in [3.63, 3.8) is 0 Å². The van der Waals surface area contributed by atoms with Crippen molar-refractivity contribution in [1.82, 2.24) is 55.6 Å². The van der Waals surface area contributed by atoms with E-state index in [1.54, 1.807) is 53.7 Å². The minimum absolute atomic E-state index is 0.0597. The lowest BCUT2D eigenvalue weighted by atomic mass is 9.91. The largest absolute Gasteiger partial charge is 0.397 e. The van der Waals surface area contributed by atoms with Crippen molar-refractivity contribution in [3.8, 4) is 0 Å². The maximum Gasteiger partial charge on any atom is 0.397 e. The van der Waals surface area contributed by atoms with Crippen LogP contribution in [0.5, 0.6) is 0 Å². The highest BCUT2D eigenvalue weighted by Gasteiger charge is 2.47. The molecule has 11 amide bonds. The Bertz CT molecular complexity index is 2600. The predicted octanol–water partition coefficient (Wildman–Crippen LogP) is 3.10. The number of carbonyl (C=O) groups is 11. The van der Waals surface area contributed by atoms with Crippen LogP contribution in [0.2, 0.25) is 0 Å². The monoisotopic (exact) mass is 1280 g/mol. The molecule has 1 heterocycles. The summed E-state index contributed by atoms with van der Waals surface area (Å²) in [7, 11) is 4.06. The van der Waals surface area contributed by atoms with Gasteiger partial charge in [0.05, 0.1) is 6.54 Å². The predicted molar refractivity (Wildman–Crippen MR) is 339 cm³/mol. The second-order valence-electron chi connectivity index (χ2n) is 26.6. The van der Waals surface area contributed by atoms with Crippen molar-refractivity contribution in [3.05, 3.63) is 12.2 Å². The standard InChI is InChI=1S/C62H111N11O15S/c1-25-27-28-40(15)52(88-89(85,86)87)51-56(78)65-43(26-2)58(80)67(18)33-48(74)68(19)44(29-34(3)4)55(77)66-49(38(11)12)61(83)69(20)45(30-35(5)6)54(76)63-41(16)53(75)64-42(17)57(79)70(21)46(31-36(7)8)59(81)71(22)47(32-37(9)10)60(82)72(23)50(39(13)14)62(84)73(51)24/h25,27,34-47,49-52H,26,28-33H2,1-24H3,(H,63,76)(H,64,75)(H,65,78)(H,66,77)(H,85,86,87)/b27-25+. The van der Waals surface area contributed by atoms with Gasteiger partial charge in [0.2, 0.25) is 65.0 Å². The normalized spacial score (nSPS) is 26.4. The fourth-order valence-corrected chi connectivity index (χ4v) is 11.5. The van der Waals surface area contributed by atoms with Gasteiger partial charge in [0, 0.05) is 49.3 Å². The molecule has 510 valence electrons. The molecule has 89 heavy (non-hydrogen) atoms. The number of nitrogens with one attached hydrogen (secondary N) is 4. The molecule has 1 aliphatic heterocycles. The first-order valence-electron chi connectivity index (χ1n) is 31.2. The van der Waals surface area contributed by atoms with E-state index in [0.29, 0.717) is 0 Å². The zero-order valence-electron chi connectivity index (χ0n) is 57.7. The molecule has 27 heteroatoms. The molecule has 0 spiro atoms. The molecule has 0 aliphatic carbocycles. The van der Waals surface area contributed by atoms with Crippen molar-refractivity contribution >= 4 is 75.4 Å². The van der Waals surface area contributed by atoms with E-state index in [2.05, 4.69) is 21.3 Å². The van der Waals surface area contributed by atoms with Gasteiger partial charge in [-0.25, -0.2) is 4.18 Å². The van der Waals surface area contributed by atoms with E-state index < -0.39 is 166 Å². The van der Waals surface area contributed by atoms with Gasteiger partial charge in [-0.3, -0.25) is 57.3 Å². The third kappa shape index (κ3) is 23.5. The number of hydrogen-bond donors (Lipinski definition) is 5. The minimum atomic E-state index is -5.38. The Morgan fingerprint density at radius 2 is 0.910 bits per heavy atom. The number of nitrogens with zero attached hydrogens (tertiary/aromatic N) is 7. The highest BCUT2D eigenvalue weighted by Crippen LogP contribution is 2.27. The van der Waals surface area contributed by atoms with Crippen LogP contribution in [-0.2, 0) is 67.3 Å². The molecular formula is C62H111N11O15S. The van der Waals surface area contributed by atoms with Crippen LogP contribution in [-0.4, -0.2) is 235 Å². The van der Waals surface area contributed by atoms with Crippen LogP contribution in [0.25, 0.3) is 0 Å². The Labute approximate surface area is 531 Å². The van der Waals surface area contributed by atoms with E-state index in [1.165, 1.54) is 84.8 Å². The van der Waals surface area contributed by atoms with E-state index in [1.807, 2.05) is 55.4 Å². The minimum Gasteiger partial charge on any atom is -0.343 e. The molecule has 1 rings (SSSR count). The molecule has 12 atom stereocenters. The molecule has 26 nitrogen and oxygen atoms in total. The zero-order valence-corrected chi connectivity index (χ0v) is 58.5. The van der Waals surface area contributed by atoms with Crippen molar-refractivity contribution in [2.75, 3.05) is 55.9 Å². The average Bonchev–Trinajstić information content (AvgIpc) is 1.10. The second-order valence-corrected chi connectivity index (χ2v) is 27.6. The third-order valence-corrected chi connectivity index (χ3v) is 16.7. The number of allylic oxidation sites excluding steroid dienone is 2. The number of carbonyl (C=O) groups excluding carboxylic acids is 11. The van der Waals surface area contributed by atoms with E-state index in [9.17, 15) is 46.5 Å². The topological polar surface area (TPSA) is 322 Å². The number of likely N-dealkylation sites (N-methyl/N-ethyl adjacent to an activating group) is 7. The number of rotatable bonds is 17. The third-order valence-electron chi connectivity index (χ3n) is 16.3. The summed E-state index contributed by atoms with van der Waals surface area (Å²) in [5, 5.41) is 10.8. The summed E-state index contributed by atoms with van der Waals surface area (Å²) in [6, 6.07) is -13.4. The SMILES string of the molecule is C/C=C/CC(C)C(OS(=O)(=O)O)C1C(=O)NC(CC)C(=O)N(C)CC(=O)N(C)C(CC(C)C)C(=O)NC(C(C)C)C(=O)N(C)C(CC(C)C)C(=O)NC(C)C(=O)NC(C)C(=O)N(C)C(CC(C)C)C(=O)N(C)C(CC(C)C)C(=O)N(C)C(C(C)C)C(=O)N1C. The molecule has 0 aromatic carbocycles. The van der Waals surface area contributed by atoms with Crippen molar-refractivity contribution < 1.29 is 69.9 Å². The van der Waals surface area contributed by atoms with Crippen LogP contribution < -0.4 is 21.3 Å². The molecule has 1 saturated heterocycles. The van der Waals surface area contributed by atoms with Gasteiger partial charge in [-0.15, -0.1) is 0 Å². The fourth-order valence-electron chi connectivity index (χ4n) is 10.9. The van der Waals surface area contributed by atoms with Crippen LogP contribution in [0.1, 0.15) is 156 Å². The van der Waals surface area contributed by atoms with Crippen LogP contribution in [0, 0.1) is 41.4 Å². The van der Waals surface area contributed by atoms with Gasteiger partial charge in [-0.2, -0.15) is 8.42 Å². The van der Waals surface area contributed by atoms with Crippen molar-refractivity contribution in [1.29, 1.82) is 0 Å². The molecule has 12 unspecified atom stereocenters. The summed E-state index contributed by atoms with van der Waals surface area (Å²) in [5.74, 6) is -11.4. The Hall–Kier alpha value is -6.22. The summed E-state index contributed by atoms with van der Waals surface area (Å²) < 4.78 is 41.0. The first kappa shape index (κ1) is 80.8. The van der Waals surface area contributed by atoms with Crippen LogP contribution in [0.15, 0.2) is 12.2 Å². The van der Waals surface area contributed by atoms with Crippen LogP contribution in [0.3, 0.4) is 0 Å². The van der Waals surface area contributed by atoms with E-state index in [4.69, 9.17) is 4.18 Å². The molecule has 0 aromatic heterocycles. The summed E-state index contributed by atoms with van der Waals surface area (Å²) in [6.45, 7) is 28.3. The first-order valence-corrected chi connectivity index (χ1v) is 32.6. The van der Waals surface area contributed by atoms with E-state index in [0.717, 1.165) is 19.6 Å². The summed E-state index contributed by atoms with van der Waals surface area (Å²) in [4.78, 5) is 169. The van der Waals surface area contributed by atoms with E-state index in [-0.39, 0.29) is 62.2 Å². The van der Waals surface area contributed by atoms with Crippen LogP contribution >= 0.6 is 0 Å². The Kier molecular flexibility index (Phi) is 32.7. The summed E-state index contributed by atoms with van der Waals surface area (Å²) in [6.07, 6.45) is 1.84. The molecule has 0 aromatic rings. The van der Waals surface area contributed by atoms with Gasteiger partial charge in [-0.05, 0) is 101 Å². The molecule has 0 saturated carbocycles. The van der Waals surface area contributed by atoms with Gasteiger partial charge >= 0.3 is 10.4 Å². The Morgan fingerprint density at radius 3 is 1.35 bits per heavy atom. The lowest BCUT2D eigenvalue weighted by Gasteiger charge is -2.42. The van der Waals surface area contributed by atoms with Gasteiger partial charge < -0.3 is 55.6 Å². The van der Waals surface area contributed by atoms with Crippen molar-refractivity contribution in [2.24, 2.45) is 41.4 Å². The molecule has 0 bridgehead atoms. The smallest absolute Gasteiger partial charge is 0.343 e. The molecule has 5 N–H and O–H groups in total. The maximum absolute atomic E-state index is 15.3. The molecule has 1 aliphatic rings. The molecule has 1 fully saturated rings. The first-order chi connectivity index (χ1) is 40.9. The van der Waals surface area contributed by atoms with Gasteiger partial charge in [-0.1, -0.05) is 109 Å². The van der Waals surface area contributed by atoms with Gasteiger partial charge in [0.15, 0.2) is 0 Å². The quantitative estimate of drug-likeness (QED) is 0.103. The number of amides is 11. The summed E-state index contributed by atoms with van der Waals surface area (Å²) >= 11 is 0. The van der Waals surface area contributed by atoms with E-state index >= 15 is 19.2 Å².